The molecule has 2 aliphatic rings. The molecule has 2 saturated carbocycles. The van der Waals surface area contributed by atoms with Crippen molar-refractivity contribution in [3.05, 3.63) is 0 Å². The first-order valence-electron chi connectivity index (χ1n) is 7.17. The van der Waals surface area contributed by atoms with E-state index in [1.54, 1.807) is 0 Å². The lowest BCUT2D eigenvalue weighted by molar-refractivity contribution is -0.151. The van der Waals surface area contributed by atoms with Crippen LogP contribution in [-0.4, -0.2) is 49.2 Å². The predicted octanol–water partition coefficient (Wildman–Crippen LogP) is 1.40. The SMILES string of the molecule is CCOC(=O)C(C)(CN(C)CC1CC1)NC1CC1. The number of nitrogens with zero attached hydrogens (tertiary/aromatic N) is 1. The lowest BCUT2D eigenvalue weighted by Crippen LogP contribution is -2.58. The van der Waals surface area contributed by atoms with Crippen LogP contribution >= 0.6 is 0 Å². The van der Waals surface area contributed by atoms with Crippen molar-refractivity contribution in [2.45, 2.75) is 51.1 Å². The van der Waals surface area contributed by atoms with Crippen molar-refractivity contribution in [2.75, 3.05) is 26.7 Å². The monoisotopic (exact) mass is 254 g/mol. The summed E-state index contributed by atoms with van der Waals surface area (Å²) in [7, 11) is 2.10. The molecular formula is C14H26N2O2. The number of hydrogen-bond donors (Lipinski definition) is 1. The molecule has 1 unspecified atom stereocenters. The first kappa shape index (κ1) is 13.8. The second kappa shape index (κ2) is 5.57. The van der Waals surface area contributed by atoms with Crippen molar-refractivity contribution in [3.63, 3.8) is 0 Å². The fourth-order valence-corrected chi connectivity index (χ4v) is 2.48. The molecule has 1 N–H and O–H groups in total. The van der Waals surface area contributed by atoms with E-state index in [4.69, 9.17) is 4.74 Å². The minimum Gasteiger partial charge on any atom is -0.465 e. The molecule has 0 aromatic heterocycles. The van der Waals surface area contributed by atoms with Crippen molar-refractivity contribution in [1.82, 2.24) is 10.2 Å². The fourth-order valence-electron chi connectivity index (χ4n) is 2.48. The number of hydrogen-bond acceptors (Lipinski definition) is 4. The van der Waals surface area contributed by atoms with Gasteiger partial charge in [0, 0.05) is 19.1 Å². The Morgan fingerprint density at radius 2 is 2.06 bits per heavy atom. The number of carbonyl (C=O) groups excluding carboxylic acids is 1. The van der Waals surface area contributed by atoms with Crippen LogP contribution in [0.3, 0.4) is 0 Å². The number of rotatable bonds is 8. The molecule has 0 radical (unpaired) electrons. The molecule has 0 amide bonds. The summed E-state index contributed by atoms with van der Waals surface area (Å²) in [6.45, 7) is 6.13. The van der Waals surface area contributed by atoms with Crippen molar-refractivity contribution < 1.29 is 9.53 Å². The lowest BCUT2D eigenvalue weighted by Gasteiger charge is -2.33. The predicted molar refractivity (Wildman–Crippen MR) is 71.4 cm³/mol. The van der Waals surface area contributed by atoms with Crippen molar-refractivity contribution in [3.8, 4) is 0 Å². The maximum Gasteiger partial charge on any atom is 0.327 e. The molecule has 0 heterocycles. The Kier molecular flexibility index (Phi) is 4.28. The molecule has 2 rings (SSSR count). The number of carbonyl (C=O) groups is 1. The van der Waals surface area contributed by atoms with Crippen LogP contribution in [0.1, 0.15) is 39.5 Å². The van der Waals surface area contributed by atoms with E-state index in [1.165, 1.54) is 25.7 Å². The van der Waals surface area contributed by atoms with Gasteiger partial charge in [0.15, 0.2) is 0 Å². The average Bonchev–Trinajstić information content (AvgIpc) is 3.14. The second-order valence-corrected chi connectivity index (χ2v) is 6.11. The van der Waals surface area contributed by atoms with E-state index in [2.05, 4.69) is 17.3 Å². The summed E-state index contributed by atoms with van der Waals surface area (Å²) in [6.07, 6.45) is 5.05. The Morgan fingerprint density at radius 1 is 1.39 bits per heavy atom. The van der Waals surface area contributed by atoms with Gasteiger partial charge in [-0.15, -0.1) is 0 Å². The van der Waals surface area contributed by atoms with Crippen LogP contribution in [0.25, 0.3) is 0 Å². The highest BCUT2D eigenvalue weighted by molar-refractivity contribution is 5.80. The molecule has 0 saturated heterocycles. The number of esters is 1. The lowest BCUT2D eigenvalue weighted by atomic mass is 10.0. The summed E-state index contributed by atoms with van der Waals surface area (Å²) in [5.41, 5.74) is -0.555. The van der Waals surface area contributed by atoms with Gasteiger partial charge in [-0.3, -0.25) is 10.1 Å². The molecule has 0 aliphatic heterocycles. The van der Waals surface area contributed by atoms with Gasteiger partial charge in [-0.05, 0) is 52.5 Å². The topological polar surface area (TPSA) is 41.6 Å². The minimum absolute atomic E-state index is 0.112. The number of ether oxygens (including phenoxy) is 1. The summed E-state index contributed by atoms with van der Waals surface area (Å²) in [6, 6.07) is 0.508. The van der Waals surface area contributed by atoms with Gasteiger partial charge in [-0.1, -0.05) is 0 Å². The van der Waals surface area contributed by atoms with Crippen LogP contribution in [0.15, 0.2) is 0 Å². The number of nitrogens with one attached hydrogen (secondary N) is 1. The third-order valence-corrected chi connectivity index (χ3v) is 3.68. The van der Waals surface area contributed by atoms with Crippen LogP contribution in [0.2, 0.25) is 0 Å². The minimum atomic E-state index is -0.555. The van der Waals surface area contributed by atoms with Gasteiger partial charge < -0.3 is 9.64 Å². The fraction of sp³-hybridized carbons (Fsp3) is 0.929. The maximum absolute atomic E-state index is 12.2. The first-order chi connectivity index (χ1) is 8.53. The molecule has 2 fully saturated rings. The maximum atomic E-state index is 12.2. The van der Waals surface area contributed by atoms with E-state index in [1.807, 2.05) is 13.8 Å². The van der Waals surface area contributed by atoms with E-state index in [-0.39, 0.29) is 5.97 Å². The normalized spacial score (nSPS) is 22.9. The van der Waals surface area contributed by atoms with Gasteiger partial charge in [0.05, 0.1) is 6.61 Å². The van der Waals surface area contributed by atoms with Crippen molar-refractivity contribution >= 4 is 5.97 Å². The van der Waals surface area contributed by atoms with Gasteiger partial charge in [-0.2, -0.15) is 0 Å². The Balaban J connectivity index is 1.90. The molecule has 0 bridgehead atoms. The summed E-state index contributed by atoms with van der Waals surface area (Å²) in [5.74, 6) is 0.738. The molecular weight excluding hydrogens is 228 g/mol. The zero-order valence-corrected chi connectivity index (χ0v) is 11.9. The highest BCUT2D eigenvalue weighted by Crippen LogP contribution is 2.30. The average molecular weight is 254 g/mol. The molecule has 2 aliphatic carbocycles. The highest BCUT2D eigenvalue weighted by Gasteiger charge is 2.41. The number of likely N-dealkylation sites (N-methyl/N-ethyl adjacent to an activating group) is 1. The van der Waals surface area contributed by atoms with Crippen LogP contribution in [0.4, 0.5) is 0 Å². The third kappa shape index (κ3) is 3.95. The standard InChI is InChI=1S/C14H26N2O2/c1-4-18-13(17)14(2,15-12-7-8-12)10-16(3)9-11-5-6-11/h11-12,15H,4-10H2,1-3H3. The molecule has 4 heteroatoms. The van der Waals surface area contributed by atoms with Gasteiger partial charge >= 0.3 is 5.97 Å². The Hall–Kier alpha value is -0.610. The molecule has 0 aromatic rings. The van der Waals surface area contributed by atoms with Gasteiger partial charge in [0.25, 0.3) is 0 Å². The third-order valence-electron chi connectivity index (χ3n) is 3.68. The zero-order valence-electron chi connectivity index (χ0n) is 11.9. The molecule has 4 nitrogen and oxygen atoms in total. The van der Waals surface area contributed by atoms with Crippen LogP contribution in [0, 0.1) is 5.92 Å². The molecule has 1 atom stereocenters. The van der Waals surface area contributed by atoms with E-state index in [9.17, 15) is 4.79 Å². The molecule has 104 valence electrons. The Morgan fingerprint density at radius 3 is 2.56 bits per heavy atom. The zero-order chi connectivity index (χ0) is 13.2. The molecule has 18 heavy (non-hydrogen) atoms. The van der Waals surface area contributed by atoms with Gasteiger partial charge in [0.1, 0.15) is 5.54 Å². The van der Waals surface area contributed by atoms with E-state index in [0.717, 1.165) is 19.0 Å². The summed E-state index contributed by atoms with van der Waals surface area (Å²) in [4.78, 5) is 14.4. The van der Waals surface area contributed by atoms with Crippen molar-refractivity contribution in [1.29, 1.82) is 0 Å². The Labute approximate surface area is 110 Å². The van der Waals surface area contributed by atoms with E-state index in [0.29, 0.717) is 12.6 Å². The summed E-state index contributed by atoms with van der Waals surface area (Å²) in [5, 5.41) is 3.46. The quantitative estimate of drug-likeness (QED) is 0.665. The van der Waals surface area contributed by atoms with E-state index >= 15 is 0 Å². The second-order valence-electron chi connectivity index (χ2n) is 6.11. The molecule has 0 aromatic carbocycles. The first-order valence-corrected chi connectivity index (χ1v) is 7.17. The van der Waals surface area contributed by atoms with Crippen molar-refractivity contribution in [2.24, 2.45) is 5.92 Å². The summed E-state index contributed by atoms with van der Waals surface area (Å²) < 4.78 is 5.23. The largest absolute Gasteiger partial charge is 0.465 e. The van der Waals surface area contributed by atoms with Gasteiger partial charge in [-0.25, -0.2) is 0 Å². The smallest absolute Gasteiger partial charge is 0.327 e. The van der Waals surface area contributed by atoms with Crippen LogP contribution < -0.4 is 5.32 Å². The van der Waals surface area contributed by atoms with Gasteiger partial charge in [0.2, 0.25) is 0 Å². The van der Waals surface area contributed by atoms with Crippen LogP contribution in [-0.2, 0) is 9.53 Å². The highest BCUT2D eigenvalue weighted by atomic mass is 16.5. The van der Waals surface area contributed by atoms with E-state index < -0.39 is 5.54 Å². The summed E-state index contributed by atoms with van der Waals surface area (Å²) >= 11 is 0. The Bertz CT molecular complexity index is 300. The van der Waals surface area contributed by atoms with Crippen LogP contribution in [0.5, 0.6) is 0 Å². The molecule has 0 spiro atoms.